The van der Waals surface area contributed by atoms with Crippen LogP contribution in [0.15, 0.2) is 136 Å². The van der Waals surface area contributed by atoms with Gasteiger partial charge in [-0.15, -0.1) is 0 Å². The number of benzene rings is 6. The zero-order chi connectivity index (χ0) is 66.8. The molecule has 486 valence electrons. The number of aliphatic hydroxyl groups is 2. The Balaban J connectivity index is 0.000000328. The number of aliphatic hydroxyl groups excluding tert-OH is 2. The Bertz CT molecular complexity index is 3730. The molecule has 0 aliphatic heterocycles. The van der Waals surface area contributed by atoms with E-state index in [0.29, 0.717) is 47.6 Å². The maximum Gasteiger partial charge on any atom is 0.410 e. The van der Waals surface area contributed by atoms with Crippen LogP contribution >= 0.6 is 0 Å². The number of halogens is 4. The second-order valence-electron chi connectivity index (χ2n) is 22.9. The van der Waals surface area contributed by atoms with Gasteiger partial charge in [0.2, 0.25) is 0 Å². The molecule has 4 atom stereocenters. The summed E-state index contributed by atoms with van der Waals surface area (Å²) in [6.07, 6.45) is -1.94. The molecular weight excluding hydrogens is 1210 g/mol. The van der Waals surface area contributed by atoms with Crippen molar-refractivity contribution >= 4 is 49.1 Å². The summed E-state index contributed by atoms with van der Waals surface area (Å²) in [4.78, 5) is 58.6. The molecule has 0 bridgehead atoms. The maximum atomic E-state index is 14.1. The highest BCUT2D eigenvalue weighted by molar-refractivity contribution is 7.91. The Labute approximate surface area is 522 Å². The van der Waals surface area contributed by atoms with Crippen LogP contribution in [0.4, 0.5) is 22.4 Å². The molecule has 0 aliphatic rings. The minimum Gasteiger partial charge on any atom is -0.497 e. The number of ether oxygens (including phenoxy) is 3. The van der Waals surface area contributed by atoms with E-state index in [1.54, 1.807) is 65.1 Å². The SMILES string of the molecule is COc1cccc(CN(C[C@@H](O)[C@H](Cc2cc(F)cc(F)c2)NC(=O)c2cc(C(C)=O)cc(S(C)(=O)=O)c2)C(=O)OC(C)(C)C)c1.COc1cccc(CNC[C@@H](O)[C@H](Cc2cc(F)cc(F)c2)NC(=O)c2cc(/C(C)=N/OCC(C)C)cc(S(C)(=O)=O)c2)c1. The summed E-state index contributed by atoms with van der Waals surface area (Å²) >= 11 is 0. The van der Waals surface area contributed by atoms with Crippen LogP contribution in [0.2, 0.25) is 0 Å². The Morgan fingerprint density at radius 2 is 1.04 bits per heavy atom. The number of oxime groups is 1. The number of ketones is 1. The number of nitrogens with zero attached hydrogens (tertiary/aromatic N) is 2. The summed E-state index contributed by atoms with van der Waals surface area (Å²) < 4.78 is 122. The molecule has 0 aromatic heterocycles. The summed E-state index contributed by atoms with van der Waals surface area (Å²) in [7, 11) is -4.50. The van der Waals surface area contributed by atoms with Crippen molar-refractivity contribution < 1.29 is 82.8 Å². The Hall–Kier alpha value is -8.23. The number of carbonyl (C=O) groups is 4. The zero-order valence-electron chi connectivity index (χ0n) is 51.9. The molecule has 90 heavy (non-hydrogen) atoms. The maximum absolute atomic E-state index is 14.1. The van der Waals surface area contributed by atoms with Crippen molar-refractivity contribution in [2.75, 3.05) is 46.4 Å². The monoisotopic (exact) mass is 1290 g/mol. The zero-order valence-corrected chi connectivity index (χ0v) is 53.5. The summed E-state index contributed by atoms with van der Waals surface area (Å²) in [6.45, 7) is 12.1. The van der Waals surface area contributed by atoms with Gasteiger partial charge in [-0.25, -0.2) is 39.2 Å². The van der Waals surface area contributed by atoms with E-state index in [-0.39, 0.29) is 69.5 Å². The third-order valence-electron chi connectivity index (χ3n) is 13.3. The third-order valence-corrected chi connectivity index (χ3v) is 15.5. The van der Waals surface area contributed by atoms with E-state index in [1.807, 2.05) is 32.0 Å². The van der Waals surface area contributed by atoms with E-state index < -0.39 is 103 Å². The number of hydrogen-bond donors (Lipinski definition) is 5. The molecule has 0 spiro atoms. The first-order chi connectivity index (χ1) is 42.1. The lowest BCUT2D eigenvalue weighted by atomic mass is 9.99. The molecule has 3 amide bonds. The van der Waals surface area contributed by atoms with Gasteiger partial charge >= 0.3 is 6.09 Å². The van der Waals surface area contributed by atoms with Crippen molar-refractivity contribution in [2.24, 2.45) is 11.1 Å². The molecule has 6 aromatic carbocycles. The van der Waals surface area contributed by atoms with Crippen LogP contribution in [-0.4, -0.2) is 138 Å². The molecule has 0 aliphatic carbocycles. The van der Waals surface area contributed by atoms with Crippen LogP contribution in [0, 0.1) is 29.2 Å². The predicted molar refractivity (Wildman–Crippen MR) is 331 cm³/mol. The molecule has 0 saturated carbocycles. The highest BCUT2D eigenvalue weighted by Gasteiger charge is 2.31. The minimum absolute atomic E-state index is 0.00621. The smallest absolute Gasteiger partial charge is 0.410 e. The topological polar surface area (TPSA) is 266 Å². The van der Waals surface area contributed by atoms with Gasteiger partial charge in [-0.2, -0.15) is 0 Å². The molecule has 25 heteroatoms. The summed E-state index contributed by atoms with van der Waals surface area (Å²) in [5.74, 6) is -3.98. The highest BCUT2D eigenvalue weighted by atomic mass is 32.2. The molecule has 6 aromatic rings. The summed E-state index contributed by atoms with van der Waals surface area (Å²) in [6, 6.07) is 25.2. The Kier molecular flexibility index (Phi) is 26.2. The van der Waals surface area contributed by atoms with Gasteiger partial charge in [-0.3, -0.25) is 14.4 Å². The fraction of sp³-hybridized carbons (Fsp3) is 0.369. The quantitative estimate of drug-likeness (QED) is 0.0139. The molecule has 0 radical (unpaired) electrons. The fourth-order valence-electron chi connectivity index (χ4n) is 8.84. The van der Waals surface area contributed by atoms with E-state index in [2.05, 4.69) is 21.1 Å². The second-order valence-corrected chi connectivity index (χ2v) is 26.9. The van der Waals surface area contributed by atoms with Gasteiger partial charge in [0.1, 0.15) is 47.0 Å². The van der Waals surface area contributed by atoms with Crippen LogP contribution in [0.25, 0.3) is 0 Å². The number of amides is 3. The number of carbonyl (C=O) groups excluding carboxylic acids is 4. The van der Waals surface area contributed by atoms with Crippen LogP contribution in [0.1, 0.15) is 107 Å². The van der Waals surface area contributed by atoms with Gasteiger partial charge in [-0.1, -0.05) is 43.3 Å². The van der Waals surface area contributed by atoms with Crippen molar-refractivity contribution in [1.82, 2.24) is 20.9 Å². The molecule has 6 rings (SSSR count). The number of sulfone groups is 2. The highest BCUT2D eigenvalue weighted by Crippen LogP contribution is 2.23. The number of hydrogen-bond acceptors (Lipinski definition) is 16. The standard InChI is InChI=1S/C33H38F2N2O8S.C32H39F2N3O6S/c1-20(38)23-14-24(16-28(15-23)46(6,42)43)31(40)36-29(13-22-10-25(34)17-26(35)11-22)30(39)19-37(32(41)45-33(2,3)4)18-21-8-7-9-27(12-21)44-5;1-20(2)19-43-37-21(3)24-13-25(15-29(14-24)44(5,40)41)32(39)36-30(12-23-9-26(33)16-27(34)10-23)31(38)18-35-17-22-7-6-8-28(11-22)42-4/h7-12,14-17,29-30,39H,13,18-19H2,1-6H3,(H,36,40);6-11,13-16,20,30-31,35,38H,12,17-19H2,1-5H3,(H,36,39)/b;37-21+/t29-,30+;30-,31+/m00/s1. The Morgan fingerprint density at radius 3 is 1.50 bits per heavy atom. The van der Waals surface area contributed by atoms with Crippen molar-refractivity contribution in [3.63, 3.8) is 0 Å². The van der Waals surface area contributed by atoms with E-state index in [9.17, 15) is 63.8 Å². The van der Waals surface area contributed by atoms with Crippen molar-refractivity contribution in [3.05, 3.63) is 189 Å². The number of nitrogens with one attached hydrogen (secondary N) is 3. The first kappa shape index (κ1) is 72.5. The van der Waals surface area contributed by atoms with Gasteiger partial charge in [0, 0.05) is 66.5 Å². The first-order valence-electron chi connectivity index (χ1n) is 28.3. The molecule has 0 heterocycles. The summed E-state index contributed by atoms with van der Waals surface area (Å²) in [5.41, 5.74) is 1.42. The van der Waals surface area contributed by atoms with Gasteiger partial charge in [0.05, 0.1) is 60.6 Å². The van der Waals surface area contributed by atoms with Gasteiger partial charge in [0.25, 0.3) is 11.8 Å². The molecular formula is C65H77F4N5O14S2. The van der Waals surface area contributed by atoms with E-state index >= 15 is 0 Å². The lowest BCUT2D eigenvalue weighted by Crippen LogP contribution is -2.51. The lowest BCUT2D eigenvalue weighted by Gasteiger charge is -2.32. The fourth-order valence-corrected chi connectivity index (χ4v) is 10.2. The van der Waals surface area contributed by atoms with Crippen LogP contribution in [0.3, 0.4) is 0 Å². The largest absolute Gasteiger partial charge is 0.497 e. The second kappa shape index (κ2) is 32.5. The van der Waals surface area contributed by atoms with E-state index in [4.69, 9.17) is 19.0 Å². The van der Waals surface area contributed by atoms with Crippen molar-refractivity contribution in [1.29, 1.82) is 0 Å². The van der Waals surface area contributed by atoms with E-state index in [0.717, 1.165) is 60.5 Å². The van der Waals surface area contributed by atoms with Gasteiger partial charge < -0.3 is 50.1 Å². The third kappa shape index (κ3) is 23.6. The van der Waals surface area contributed by atoms with Crippen LogP contribution in [-0.2, 0) is 55.2 Å². The predicted octanol–water partition coefficient (Wildman–Crippen LogP) is 8.98. The normalized spacial score (nSPS) is 13.2. The minimum atomic E-state index is -3.83. The van der Waals surface area contributed by atoms with Gasteiger partial charge in [0.15, 0.2) is 25.5 Å². The molecule has 19 nitrogen and oxygen atoms in total. The average Bonchev–Trinajstić information content (AvgIpc) is 1.04. The summed E-state index contributed by atoms with van der Waals surface area (Å²) in [5, 5.41) is 35.1. The lowest BCUT2D eigenvalue weighted by molar-refractivity contribution is 0.00835. The Morgan fingerprint density at radius 1 is 0.600 bits per heavy atom. The van der Waals surface area contributed by atoms with Gasteiger partial charge in [-0.05, 0) is 161 Å². The number of Topliss-reactive ketones (excluding diaryl/α,β-unsaturated/α-hetero) is 1. The van der Waals surface area contributed by atoms with Crippen LogP contribution in [0.5, 0.6) is 11.5 Å². The average molecular weight is 1290 g/mol. The molecule has 0 fully saturated rings. The number of rotatable bonds is 27. The van der Waals surface area contributed by atoms with Crippen LogP contribution < -0.4 is 25.4 Å². The first-order valence-corrected chi connectivity index (χ1v) is 32.1. The van der Waals surface area contributed by atoms with Crippen molar-refractivity contribution in [3.8, 4) is 11.5 Å². The molecule has 0 unspecified atom stereocenters. The van der Waals surface area contributed by atoms with Crippen molar-refractivity contribution in [2.45, 2.75) is 114 Å². The number of methoxy groups -OCH3 is 2. The molecule has 5 N–H and O–H groups in total. The van der Waals surface area contributed by atoms with E-state index in [1.165, 1.54) is 43.2 Å². The molecule has 0 saturated heterocycles.